The van der Waals surface area contributed by atoms with Crippen molar-refractivity contribution in [2.24, 2.45) is 5.92 Å². The van der Waals surface area contributed by atoms with E-state index in [2.05, 4.69) is 24.0 Å². The molecule has 0 N–H and O–H groups in total. The molecule has 4 rings (SSSR count). The number of ether oxygens (including phenoxy) is 1. The summed E-state index contributed by atoms with van der Waals surface area (Å²) in [6, 6.07) is 8.60. The van der Waals surface area contributed by atoms with Crippen molar-refractivity contribution in [1.29, 1.82) is 0 Å². The van der Waals surface area contributed by atoms with Gasteiger partial charge in [0.25, 0.3) is 0 Å². The van der Waals surface area contributed by atoms with Gasteiger partial charge in [0.1, 0.15) is 5.60 Å². The second-order valence-electron chi connectivity index (χ2n) is 8.63. The number of rotatable bonds is 0. The number of hydrogen-bond acceptors (Lipinski definition) is 3. The Morgan fingerprint density at radius 1 is 1.20 bits per heavy atom. The summed E-state index contributed by atoms with van der Waals surface area (Å²) in [7, 11) is 0. The number of hydrogen-bond donors (Lipinski definition) is 0. The van der Waals surface area contributed by atoms with Gasteiger partial charge in [0.15, 0.2) is 0 Å². The maximum absolute atomic E-state index is 13.1. The molecule has 0 bridgehead atoms. The van der Waals surface area contributed by atoms with E-state index in [1.165, 1.54) is 23.1 Å². The van der Waals surface area contributed by atoms with E-state index < -0.39 is 5.60 Å². The zero-order valence-electron chi connectivity index (χ0n) is 15.7. The first-order valence-corrected chi connectivity index (χ1v) is 9.45. The summed E-state index contributed by atoms with van der Waals surface area (Å²) < 4.78 is 7.63. The Balaban J connectivity index is 1.90. The van der Waals surface area contributed by atoms with E-state index in [9.17, 15) is 4.79 Å². The van der Waals surface area contributed by atoms with Crippen LogP contribution in [0.1, 0.15) is 57.8 Å². The lowest BCUT2D eigenvalue weighted by molar-refractivity contribution is 0.0507. The van der Waals surface area contributed by atoms with Crippen molar-refractivity contribution in [1.82, 2.24) is 9.47 Å². The smallest absolute Gasteiger partial charge is 0.419 e. The van der Waals surface area contributed by atoms with Gasteiger partial charge in [-0.3, -0.25) is 4.90 Å². The zero-order valence-corrected chi connectivity index (χ0v) is 15.7. The van der Waals surface area contributed by atoms with Crippen molar-refractivity contribution in [3.63, 3.8) is 0 Å². The molecule has 2 aliphatic rings. The van der Waals surface area contributed by atoms with E-state index in [-0.39, 0.29) is 6.09 Å². The number of fused-ring (bicyclic) bond motifs is 5. The summed E-state index contributed by atoms with van der Waals surface area (Å²) in [5.74, 6) is 0.692. The number of piperidine rings is 1. The molecule has 0 saturated carbocycles. The summed E-state index contributed by atoms with van der Waals surface area (Å²) in [4.78, 5) is 15.6. The monoisotopic (exact) mass is 340 g/mol. The van der Waals surface area contributed by atoms with Crippen LogP contribution in [0, 0.1) is 5.92 Å². The number of carbonyl (C=O) groups excluding carboxylic acids is 1. The first-order chi connectivity index (χ1) is 11.8. The lowest BCUT2D eigenvalue weighted by Gasteiger charge is -2.42. The second kappa shape index (κ2) is 5.87. The Bertz CT molecular complexity index is 815. The van der Waals surface area contributed by atoms with Gasteiger partial charge in [-0.2, -0.15) is 0 Å². The third kappa shape index (κ3) is 2.86. The Kier molecular flexibility index (Phi) is 3.91. The van der Waals surface area contributed by atoms with Crippen molar-refractivity contribution < 1.29 is 9.53 Å². The highest BCUT2D eigenvalue weighted by Crippen LogP contribution is 2.43. The number of nitrogens with zero attached hydrogens (tertiary/aromatic N) is 2. The molecule has 0 spiro atoms. The first-order valence-electron chi connectivity index (χ1n) is 9.45. The standard InChI is InChI=1S/C21H28N2O2/c1-14-9-11-22-12-10-16-15-7-5-6-8-17(15)23(19(16)18(22)13-14)20(24)25-21(2,3)4/h5-8,14,18H,9-13H2,1-4H3/t14-,18+/m1/s1. The van der Waals surface area contributed by atoms with Gasteiger partial charge in [-0.15, -0.1) is 0 Å². The molecule has 2 atom stereocenters. The molecule has 1 saturated heterocycles. The van der Waals surface area contributed by atoms with Gasteiger partial charge in [0.05, 0.1) is 17.3 Å². The Morgan fingerprint density at radius 2 is 1.96 bits per heavy atom. The Morgan fingerprint density at radius 3 is 2.72 bits per heavy atom. The predicted molar refractivity (Wildman–Crippen MR) is 100.0 cm³/mol. The highest BCUT2D eigenvalue weighted by atomic mass is 16.6. The van der Waals surface area contributed by atoms with E-state index in [4.69, 9.17) is 4.74 Å². The summed E-state index contributed by atoms with van der Waals surface area (Å²) in [5.41, 5.74) is 3.01. The highest BCUT2D eigenvalue weighted by Gasteiger charge is 2.38. The molecule has 0 amide bonds. The average Bonchev–Trinajstić information content (AvgIpc) is 2.88. The van der Waals surface area contributed by atoms with Crippen molar-refractivity contribution >= 4 is 17.0 Å². The third-order valence-electron chi connectivity index (χ3n) is 5.54. The quantitative estimate of drug-likeness (QED) is 0.694. The normalized spacial score (nSPS) is 24.0. The van der Waals surface area contributed by atoms with Gasteiger partial charge < -0.3 is 4.74 Å². The minimum Gasteiger partial charge on any atom is -0.443 e. The minimum absolute atomic E-state index is 0.245. The Hall–Kier alpha value is -1.81. The van der Waals surface area contributed by atoms with E-state index in [0.717, 1.165) is 31.4 Å². The largest absolute Gasteiger partial charge is 0.443 e. The van der Waals surface area contributed by atoms with Crippen LogP contribution >= 0.6 is 0 Å². The van der Waals surface area contributed by atoms with E-state index >= 15 is 0 Å². The molecule has 1 aromatic carbocycles. The molecule has 134 valence electrons. The third-order valence-corrected chi connectivity index (χ3v) is 5.54. The first kappa shape index (κ1) is 16.6. The Labute approximate surface area is 149 Å². The molecule has 2 aliphatic heterocycles. The van der Waals surface area contributed by atoms with Crippen LogP contribution in [0.5, 0.6) is 0 Å². The lowest BCUT2D eigenvalue weighted by Crippen LogP contribution is -2.42. The maximum atomic E-state index is 13.1. The van der Waals surface area contributed by atoms with Crippen molar-refractivity contribution in [2.75, 3.05) is 13.1 Å². The van der Waals surface area contributed by atoms with Crippen LogP contribution in [0.25, 0.3) is 10.9 Å². The van der Waals surface area contributed by atoms with Gasteiger partial charge in [-0.1, -0.05) is 25.1 Å². The van der Waals surface area contributed by atoms with Gasteiger partial charge in [0.2, 0.25) is 0 Å². The van der Waals surface area contributed by atoms with E-state index in [1.54, 1.807) is 0 Å². The zero-order chi connectivity index (χ0) is 17.8. The molecule has 25 heavy (non-hydrogen) atoms. The molecule has 2 aromatic rings. The second-order valence-corrected chi connectivity index (χ2v) is 8.63. The van der Waals surface area contributed by atoms with Crippen LogP contribution in [-0.4, -0.2) is 34.3 Å². The summed E-state index contributed by atoms with van der Waals surface area (Å²) in [5, 5.41) is 1.21. The molecule has 1 fully saturated rings. The fraction of sp³-hybridized carbons (Fsp3) is 0.571. The minimum atomic E-state index is -0.496. The SMILES string of the molecule is C[C@@H]1CCN2CCc3c(n(C(=O)OC(C)(C)C)c4ccccc34)[C@@H]2C1. The van der Waals surface area contributed by atoms with Gasteiger partial charge >= 0.3 is 6.09 Å². The number of aromatic nitrogens is 1. The molecule has 4 heteroatoms. The molecular weight excluding hydrogens is 312 g/mol. The average molecular weight is 340 g/mol. The van der Waals surface area contributed by atoms with Gasteiger partial charge in [0, 0.05) is 11.9 Å². The van der Waals surface area contributed by atoms with Crippen LogP contribution in [0.3, 0.4) is 0 Å². The number of carbonyl (C=O) groups is 1. The number of benzene rings is 1. The van der Waals surface area contributed by atoms with Gasteiger partial charge in [-0.05, 0) is 64.1 Å². The van der Waals surface area contributed by atoms with Crippen LogP contribution in [0.4, 0.5) is 4.79 Å². The summed E-state index contributed by atoms with van der Waals surface area (Å²) in [6.07, 6.45) is 3.13. The fourth-order valence-electron chi connectivity index (χ4n) is 4.44. The molecule has 0 radical (unpaired) electrons. The molecule has 0 unspecified atom stereocenters. The van der Waals surface area contributed by atoms with Gasteiger partial charge in [-0.25, -0.2) is 9.36 Å². The lowest BCUT2D eigenvalue weighted by atomic mass is 9.86. The fourth-order valence-corrected chi connectivity index (χ4v) is 4.44. The number of para-hydroxylation sites is 1. The molecule has 3 heterocycles. The maximum Gasteiger partial charge on any atom is 0.419 e. The predicted octanol–water partition coefficient (Wildman–Crippen LogP) is 4.75. The summed E-state index contributed by atoms with van der Waals surface area (Å²) >= 11 is 0. The van der Waals surface area contributed by atoms with Crippen LogP contribution in [-0.2, 0) is 11.2 Å². The van der Waals surface area contributed by atoms with Crippen molar-refractivity contribution in [2.45, 2.75) is 58.6 Å². The van der Waals surface area contributed by atoms with Crippen LogP contribution < -0.4 is 0 Å². The molecule has 0 aliphatic carbocycles. The van der Waals surface area contributed by atoms with E-state index in [0.29, 0.717) is 12.0 Å². The van der Waals surface area contributed by atoms with Crippen molar-refractivity contribution in [3.05, 3.63) is 35.5 Å². The van der Waals surface area contributed by atoms with Crippen LogP contribution in [0.2, 0.25) is 0 Å². The summed E-state index contributed by atoms with van der Waals surface area (Å²) in [6.45, 7) is 10.3. The molecule has 1 aromatic heterocycles. The molecule has 4 nitrogen and oxygen atoms in total. The molecular formula is C21H28N2O2. The highest BCUT2D eigenvalue weighted by molar-refractivity contribution is 5.94. The van der Waals surface area contributed by atoms with E-state index in [1.807, 2.05) is 37.5 Å². The van der Waals surface area contributed by atoms with Crippen LogP contribution in [0.15, 0.2) is 24.3 Å². The topological polar surface area (TPSA) is 34.5 Å². The van der Waals surface area contributed by atoms with Crippen molar-refractivity contribution in [3.8, 4) is 0 Å².